The summed E-state index contributed by atoms with van der Waals surface area (Å²) in [6.07, 6.45) is 5.05. The molecule has 3 unspecified atom stereocenters. The Morgan fingerprint density at radius 1 is 1.21 bits per heavy atom. The van der Waals surface area contributed by atoms with Gasteiger partial charge in [-0.2, -0.15) is 0 Å². The van der Waals surface area contributed by atoms with Crippen LogP contribution in [0.4, 0.5) is 0 Å². The molecular weight excluding hydrogens is 254 g/mol. The third-order valence-corrected chi connectivity index (χ3v) is 5.16. The van der Waals surface area contributed by atoms with Crippen LogP contribution in [0.5, 0.6) is 0 Å². The third-order valence-electron chi connectivity index (χ3n) is 4.31. The van der Waals surface area contributed by atoms with E-state index in [4.69, 9.17) is 0 Å². The lowest BCUT2D eigenvalue weighted by Gasteiger charge is -2.36. The lowest BCUT2D eigenvalue weighted by Crippen LogP contribution is -2.33. The topological polar surface area (TPSA) is 37.8 Å². The Balaban J connectivity index is 2.19. The number of hydrogen-bond acceptors (Lipinski definition) is 4. The molecule has 1 aliphatic rings. The van der Waals surface area contributed by atoms with Gasteiger partial charge < -0.3 is 5.32 Å². The maximum absolute atomic E-state index is 4.30. The highest BCUT2D eigenvalue weighted by Crippen LogP contribution is 2.41. The van der Waals surface area contributed by atoms with Crippen LogP contribution in [-0.2, 0) is 6.42 Å². The summed E-state index contributed by atoms with van der Waals surface area (Å²) in [7, 11) is 0. The zero-order valence-corrected chi connectivity index (χ0v) is 13.5. The van der Waals surface area contributed by atoms with Gasteiger partial charge in [-0.1, -0.05) is 32.2 Å². The van der Waals surface area contributed by atoms with Crippen LogP contribution in [0, 0.1) is 17.8 Å². The summed E-state index contributed by atoms with van der Waals surface area (Å²) in [5, 5.41) is 8.00. The van der Waals surface area contributed by atoms with E-state index in [-0.39, 0.29) is 0 Å². The molecule has 1 N–H and O–H groups in total. The van der Waals surface area contributed by atoms with Crippen molar-refractivity contribution in [3.8, 4) is 0 Å². The second-order valence-corrected chi connectivity index (χ2v) is 6.94. The summed E-state index contributed by atoms with van der Waals surface area (Å²) in [6.45, 7) is 10.2. The van der Waals surface area contributed by atoms with Crippen molar-refractivity contribution in [1.29, 1.82) is 0 Å². The Morgan fingerprint density at radius 3 is 2.47 bits per heavy atom. The van der Waals surface area contributed by atoms with Crippen LogP contribution in [-0.4, -0.2) is 16.1 Å². The summed E-state index contributed by atoms with van der Waals surface area (Å²) >= 11 is 1.59. The van der Waals surface area contributed by atoms with Crippen molar-refractivity contribution in [2.45, 2.75) is 59.4 Å². The van der Waals surface area contributed by atoms with Crippen molar-refractivity contribution in [1.82, 2.24) is 14.9 Å². The zero-order chi connectivity index (χ0) is 13.8. The van der Waals surface area contributed by atoms with Crippen molar-refractivity contribution in [2.24, 2.45) is 17.8 Å². The standard InChI is InChI=1S/C15H27N3S/c1-5-13-15(19-18-17-13)14(16-6-2)12-8-10(3)7-11(4)9-12/h10-12,14,16H,5-9H2,1-4H3. The van der Waals surface area contributed by atoms with E-state index in [9.17, 15) is 0 Å². The van der Waals surface area contributed by atoms with Crippen LogP contribution < -0.4 is 5.32 Å². The van der Waals surface area contributed by atoms with Crippen molar-refractivity contribution in [3.63, 3.8) is 0 Å². The maximum atomic E-state index is 4.30. The molecule has 1 fully saturated rings. The van der Waals surface area contributed by atoms with Crippen LogP contribution in [0.2, 0.25) is 0 Å². The van der Waals surface area contributed by atoms with Gasteiger partial charge in [0.15, 0.2) is 0 Å². The van der Waals surface area contributed by atoms with Gasteiger partial charge in [0.1, 0.15) is 0 Å². The first-order valence-corrected chi connectivity index (χ1v) is 8.47. The van der Waals surface area contributed by atoms with E-state index >= 15 is 0 Å². The van der Waals surface area contributed by atoms with Crippen LogP contribution in [0.15, 0.2) is 0 Å². The van der Waals surface area contributed by atoms with E-state index < -0.39 is 0 Å². The minimum atomic E-state index is 0.463. The molecule has 0 amide bonds. The van der Waals surface area contributed by atoms with Gasteiger partial charge in [0, 0.05) is 6.04 Å². The lowest BCUT2D eigenvalue weighted by molar-refractivity contribution is 0.178. The minimum absolute atomic E-state index is 0.463. The lowest BCUT2D eigenvalue weighted by atomic mass is 9.73. The number of hydrogen-bond donors (Lipinski definition) is 1. The van der Waals surface area contributed by atoms with E-state index in [1.54, 1.807) is 11.5 Å². The summed E-state index contributed by atoms with van der Waals surface area (Å²) < 4.78 is 4.18. The highest BCUT2D eigenvalue weighted by molar-refractivity contribution is 7.05. The quantitative estimate of drug-likeness (QED) is 0.891. The van der Waals surface area contributed by atoms with Gasteiger partial charge in [-0.05, 0) is 61.5 Å². The maximum Gasteiger partial charge on any atom is 0.0801 e. The Morgan fingerprint density at radius 2 is 1.89 bits per heavy atom. The Kier molecular flexibility index (Phi) is 5.34. The van der Waals surface area contributed by atoms with Crippen LogP contribution in [0.25, 0.3) is 0 Å². The van der Waals surface area contributed by atoms with Crippen molar-refractivity contribution in [2.75, 3.05) is 6.54 Å². The fourth-order valence-corrected chi connectivity index (χ4v) is 4.58. The first-order chi connectivity index (χ1) is 9.15. The molecular formula is C15H27N3S. The van der Waals surface area contributed by atoms with Gasteiger partial charge in [-0.15, -0.1) is 5.10 Å². The monoisotopic (exact) mass is 281 g/mol. The molecule has 1 heterocycles. The van der Waals surface area contributed by atoms with Crippen LogP contribution >= 0.6 is 11.5 Å². The van der Waals surface area contributed by atoms with Gasteiger partial charge in [0.25, 0.3) is 0 Å². The number of nitrogens with one attached hydrogen (secondary N) is 1. The molecule has 4 heteroatoms. The highest BCUT2D eigenvalue weighted by atomic mass is 32.1. The van der Waals surface area contributed by atoms with Gasteiger partial charge in [0.2, 0.25) is 0 Å². The molecule has 1 saturated carbocycles. The second kappa shape index (κ2) is 6.80. The Bertz CT molecular complexity index is 380. The number of rotatable bonds is 5. The van der Waals surface area contributed by atoms with Gasteiger partial charge in [-0.3, -0.25) is 0 Å². The predicted octanol–water partition coefficient (Wildman–Crippen LogP) is 3.82. The van der Waals surface area contributed by atoms with Crippen LogP contribution in [0.1, 0.15) is 63.6 Å². The normalized spacial score (nSPS) is 29.4. The molecule has 1 aliphatic carbocycles. The molecule has 0 saturated heterocycles. The molecule has 1 aromatic heterocycles. The average molecular weight is 281 g/mol. The Hall–Kier alpha value is -0.480. The molecule has 0 aromatic carbocycles. The molecule has 0 spiro atoms. The molecule has 0 radical (unpaired) electrons. The molecule has 3 atom stereocenters. The molecule has 2 rings (SSSR count). The largest absolute Gasteiger partial charge is 0.309 e. The van der Waals surface area contributed by atoms with Gasteiger partial charge >= 0.3 is 0 Å². The smallest absolute Gasteiger partial charge is 0.0801 e. The molecule has 108 valence electrons. The van der Waals surface area contributed by atoms with Gasteiger partial charge in [-0.25, -0.2) is 0 Å². The van der Waals surface area contributed by atoms with Crippen LogP contribution in [0.3, 0.4) is 0 Å². The highest BCUT2D eigenvalue weighted by Gasteiger charge is 2.32. The number of aryl methyl sites for hydroxylation is 1. The van der Waals surface area contributed by atoms with E-state index in [1.807, 2.05) is 0 Å². The number of nitrogens with zero attached hydrogens (tertiary/aromatic N) is 2. The van der Waals surface area contributed by atoms with E-state index in [1.165, 1.54) is 29.8 Å². The summed E-state index contributed by atoms with van der Waals surface area (Å²) in [5.74, 6) is 2.44. The van der Waals surface area contributed by atoms with Crippen molar-refractivity contribution < 1.29 is 0 Å². The first kappa shape index (κ1) is 14.9. The predicted molar refractivity (Wildman–Crippen MR) is 81.4 cm³/mol. The molecule has 3 nitrogen and oxygen atoms in total. The van der Waals surface area contributed by atoms with E-state index in [0.717, 1.165) is 30.7 Å². The molecule has 19 heavy (non-hydrogen) atoms. The third kappa shape index (κ3) is 3.54. The fourth-order valence-electron chi connectivity index (χ4n) is 3.67. The van der Waals surface area contributed by atoms with E-state index in [2.05, 4.69) is 42.6 Å². The molecule has 0 bridgehead atoms. The van der Waals surface area contributed by atoms with Crippen molar-refractivity contribution >= 4 is 11.5 Å². The Labute approximate surface area is 121 Å². The van der Waals surface area contributed by atoms with E-state index in [0.29, 0.717) is 6.04 Å². The minimum Gasteiger partial charge on any atom is -0.309 e. The fraction of sp³-hybridized carbons (Fsp3) is 0.867. The summed E-state index contributed by atoms with van der Waals surface area (Å²) in [6, 6.07) is 0.463. The zero-order valence-electron chi connectivity index (χ0n) is 12.6. The SMILES string of the molecule is CCNC(c1snnc1CC)C1CC(C)CC(C)C1. The molecule has 1 aromatic rings. The summed E-state index contributed by atoms with van der Waals surface area (Å²) in [4.78, 5) is 1.38. The molecule has 0 aliphatic heterocycles. The second-order valence-electron chi connectivity index (χ2n) is 6.15. The number of aromatic nitrogens is 2. The first-order valence-electron chi connectivity index (χ1n) is 7.70. The van der Waals surface area contributed by atoms with Gasteiger partial charge in [0.05, 0.1) is 10.6 Å². The summed E-state index contributed by atoms with van der Waals surface area (Å²) in [5.41, 5.74) is 1.20. The average Bonchev–Trinajstić information content (AvgIpc) is 2.82. The van der Waals surface area contributed by atoms with Crippen molar-refractivity contribution in [3.05, 3.63) is 10.6 Å².